The van der Waals surface area contributed by atoms with Gasteiger partial charge in [0.1, 0.15) is 0 Å². The first kappa shape index (κ1) is 11.5. The number of rotatable bonds is 1. The summed E-state index contributed by atoms with van der Waals surface area (Å²) < 4.78 is 2.32. The molecular weight excluding hydrogens is 246 g/mol. The average Bonchev–Trinajstić information content (AvgIpc) is 2.78. The normalized spacial score (nSPS) is 13.9. The zero-order valence-electron chi connectivity index (χ0n) is 11.4. The van der Waals surface area contributed by atoms with E-state index >= 15 is 0 Å². The maximum absolute atomic E-state index is 12.1. The maximum atomic E-state index is 12.1. The molecule has 2 nitrogen and oxygen atoms in total. The highest BCUT2D eigenvalue weighted by atomic mass is 16.1. The van der Waals surface area contributed by atoms with Gasteiger partial charge in [0.2, 0.25) is 0 Å². The van der Waals surface area contributed by atoms with Crippen LogP contribution in [0.15, 0.2) is 48.5 Å². The van der Waals surface area contributed by atoms with Crippen molar-refractivity contribution >= 4 is 16.7 Å². The Morgan fingerprint density at radius 3 is 2.60 bits per heavy atom. The zero-order chi connectivity index (χ0) is 13.7. The monoisotopic (exact) mass is 261 g/mol. The number of carbonyl (C=O) groups excluding carboxylic acids is 1. The van der Waals surface area contributed by atoms with E-state index in [4.69, 9.17) is 0 Å². The SMILES string of the molecule is Cc1c(-c2ccccc2)n2c3c(cccc13)C(=O)CC2. The van der Waals surface area contributed by atoms with Gasteiger partial charge in [0.25, 0.3) is 0 Å². The molecule has 98 valence electrons. The Morgan fingerprint density at radius 2 is 1.80 bits per heavy atom. The van der Waals surface area contributed by atoms with Gasteiger partial charge in [-0.25, -0.2) is 0 Å². The van der Waals surface area contributed by atoms with Crippen molar-refractivity contribution in [1.82, 2.24) is 4.57 Å². The molecule has 0 aliphatic carbocycles. The Bertz CT molecular complexity index is 827. The highest BCUT2D eigenvalue weighted by Gasteiger charge is 2.24. The average molecular weight is 261 g/mol. The van der Waals surface area contributed by atoms with Gasteiger partial charge >= 0.3 is 0 Å². The number of aromatic nitrogens is 1. The third-order valence-corrected chi connectivity index (χ3v) is 4.25. The van der Waals surface area contributed by atoms with Crippen molar-refractivity contribution < 1.29 is 4.79 Å². The molecule has 2 heteroatoms. The molecule has 2 heterocycles. The fraction of sp³-hybridized carbons (Fsp3) is 0.167. The van der Waals surface area contributed by atoms with E-state index in [-0.39, 0.29) is 5.78 Å². The molecule has 0 saturated carbocycles. The molecule has 1 aliphatic rings. The number of hydrogen-bond donors (Lipinski definition) is 0. The van der Waals surface area contributed by atoms with Crippen LogP contribution < -0.4 is 0 Å². The van der Waals surface area contributed by atoms with Gasteiger partial charge in [0, 0.05) is 23.9 Å². The fourth-order valence-corrected chi connectivity index (χ4v) is 3.34. The van der Waals surface area contributed by atoms with Crippen molar-refractivity contribution in [2.45, 2.75) is 19.9 Å². The Kier molecular flexibility index (Phi) is 2.34. The van der Waals surface area contributed by atoms with Crippen LogP contribution >= 0.6 is 0 Å². The lowest BCUT2D eigenvalue weighted by atomic mass is 10.0. The van der Waals surface area contributed by atoms with Crippen LogP contribution in [0.2, 0.25) is 0 Å². The lowest BCUT2D eigenvalue weighted by molar-refractivity contribution is 0.0973. The molecular formula is C18H15NO. The van der Waals surface area contributed by atoms with Crippen LogP contribution in [-0.4, -0.2) is 10.4 Å². The van der Waals surface area contributed by atoms with Crippen molar-refractivity contribution in [2.24, 2.45) is 0 Å². The number of benzene rings is 2. The maximum Gasteiger partial charge on any atom is 0.166 e. The first-order valence-corrected chi connectivity index (χ1v) is 6.98. The smallest absolute Gasteiger partial charge is 0.166 e. The van der Waals surface area contributed by atoms with E-state index in [1.54, 1.807) is 0 Å². The van der Waals surface area contributed by atoms with Crippen molar-refractivity contribution in [3.8, 4) is 11.3 Å². The first-order chi connectivity index (χ1) is 9.77. The summed E-state index contributed by atoms with van der Waals surface area (Å²) in [6.07, 6.45) is 0.597. The van der Waals surface area contributed by atoms with Gasteiger partial charge in [0.15, 0.2) is 5.78 Å². The number of hydrogen-bond acceptors (Lipinski definition) is 1. The number of aryl methyl sites for hydroxylation is 2. The summed E-state index contributed by atoms with van der Waals surface area (Å²) in [7, 11) is 0. The number of Topliss-reactive ketones (excluding diaryl/α,β-unsaturated/α-hetero) is 1. The molecule has 0 atom stereocenters. The minimum absolute atomic E-state index is 0.264. The second-order valence-corrected chi connectivity index (χ2v) is 5.37. The molecule has 0 radical (unpaired) electrons. The topological polar surface area (TPSA) is 22.0 Å². The van der Waals surface area contributed by atoms with Crippen LogP contribution in [0.25, 0.3) is 22.2 Å². The van der Waals surface area contributed by atoms with Crippen LogP contribution in [-0.2, 0) is 6.54 Å². The third kappa shape index (κ3) is 1.42. The summed E-state index contributed by atoms with van der Waals surface area (Å²) in [6, 6.07) is 16.5. The molecule has 0 saturated heterocycles. The highest BCUT2D eigenvalue weighted by molar-refractivity contribution is 6.10. The lowest BCUT2D eigenvalue weighted by Gasteiger charge is -2.17. The van der Waals surface area contributed by atoms with Crippen LogP contribution in [0.1, 0.15) is 22.3 Å². The molecule has 0 unspecified atom stereocenters. The van der Waals surface area contributed by atoms with E-state index in [2.05, 4.69) is 41.8 Å². The Balaban J connectivity index is 2.15. The molecule has 1 aromatic heterocycles. The van der Waals surface area contributed by atoms with E-state index in [0.29, 0.717) is 6.42 Å². The summed E-state index contributed by atoms with van der Waals surface area (Å²) in [5, 5.41) is 1.20. The summed E-state index contributed by atoms with van der Waals surface area (Å²) in [5.74, 6) is 0.264. The Labute approximate surface area is 117 Å². The Morgan fingerprint density at radius 1 is 1.00 bits per heavy atom. The van der Waals surface area contributed by atoms with Gasteiger partial charge in [-0.05, 0) is 24.1 Å². The molecule has 0 amide bonds. The molecule has 0 N–H and O–H groups in total. The second-order valence-electron chi connectivity index (χ2n) is 5.37. The minimum atomic E-state index is 0.264. The first-order valence-electron chi connectivity index (χ1n) is 6.98. The third-order valence-electron chi connectivity index (χ3n) is 4.25. The van der Waals surface area contributed by atoms with Gasteiger partial charge in [0.05, 0.1) is 11.2 Å². The molecule has 0 bridgehead atoms. The van der Waals surface area contributed by atoms with Gasteiger partial charge in [-0.2, -0.15) is 0 Å². The van der Waals surface area contributed by atoms with Crippen LogP contribution in [0, 0.1) is 6.92 Å². The summed E-state index contributed by atoms with van der Waals surface area (Å²) in [4.78, 5) is 12.1. The molecule has 20 heavy (non-hydrogen) atoms. The van der Waals surface area contributed by atoms with Crippen molar-refractivity contribution in [2.75, 3.05) is 0 Å². The number of para-hydroxylation sites is 1. The van der Waals surface area contributed by atoms with Crippen LogP contribution in [0.3, 0.4) is 0 Å². The summed E-state index contributed by atoms with van der Waals surface area (Å²) >= 11 is 0. The predicted octanol–water partition coefficient (Wildman–Crippen LogP) is 4.20. The van der Waals surface area contributed by atoms with Gasteiger partial charge in [-0.1, -0.05) is 42.5 Å². The van der Waals surface area contributed by atoms with Gasteiger partial charge in [-0.15, -0.1) is 0 Å². The van der Waals surface area contributed by atoms with E-state index in [0.717, 1.165) is 17.6 Å². The zero-order valence-corrected chi connectivity index (χ0v) is 11.4. The molecule has 1 aliphatic heterocycles. The molecule has 2 aromatic carbocycles. The lowest BCUT2D eigenvalue weighted by Crippen LogP contribution is -2.14. The number of ketones is 1. The molecule has 0 fully saturated rings. The van der Waals surface area contributed by atoms with E-state index in [1.165, 1.54) is 22.2 Å². The minimum Gasteiger partial charge on any atom is -0.339 e. The number of carbonyl (C=O) groups is 1. The van der Waals surface area contributed by atoms with Gasteiger partial charge < -0.3 is 4.57 Å². The van der Waals surface area contributed by atoms with E-state index < -0.39 is 0 Å². The fourth-order valence-electron chi connectivity index (χ4n) is 3.34. The van der Waals surface area contributed by atoms with Gasteiger partial charge in [-0.3, -0.25) is 4.79 Å². The molecule has 4 rings (SSSR count). The molecule has 3 aromatic rings. The van der Waals surface area contributed by atoms with Crippen molar-refractivity contribution in [3.63, 3.8) is 0 Å². The molecule has 0 spiro atoms. The van der Waals surface area contributed by atoms with Crippen LogP contribution in [0.5, 0.6) is 0 Å². The largest absolute Gasteiger partial charge is 0.339 e. The quantitative estimate of drug-likeness (QED) is 0.643. The summed E-state index contributed by atoms with van der Waals surface area (Å²) in [6.45, 7) is 2.94. The van der Waals surface area contributed by atoms with Crippen molar-refractivity contribution in [1.29, 1.82) is 0 Å². The van der Waals surface area contributed by atoms with E-state index in [1.807, 2.05) is 18.2 Å². The predicted molar refractivity (Wildman–Crippen MR) is 81.1 cm³/mol. The van der Waals surface area contributed by atoms with Crippen molar-refractivity contribution in [3.05, 3.63) is 59.7 Å². The van der Waals surface area contributed by atoms with E-state index in [9.17, 15) is 4.79 Å². The standard InChI is InChI=1S/C18H15NO/c1-12-14-8-5-9-15-16(20)10-11-19(18(14)15)17(12)13-6-3-2-4-7-13/h2-9H,10-11H2,1H3. The number of nitrogens with zero attached hydrogens (tertiary/aromatic N) is 1. The van der Waals surface area contributed by atoms with Crippen LogP contribution in [0.4, 0.5) is 0 Å². The highest BCUT2D eigenvalue weighted by Crippen LogP contribution is 2.37. The Hall–Kier alpha value is -2.35. The second kappa shape index (κ2) is 4.07. The summed E-state index contributed by atoms with van der Waals surface area (Å²) in [5.41, 5.74) is 5.73.